The van der Waals surface area contributed by atoms with Crippen LogP contribution >= 0.6 is 0 Å². The van der Waals surface area contributed by atoms with Gasteiger partial charge in [-0.3, -0.25) is 9.69 Å². The number of H-pyrrole nitrogens is 2. The van der Waals surface area contributed by atoms with Gasteiger partial charge in [-0.1, -0.05) is 25.1 Å². The lowest BCUT2D eigenvalue weighted by molar-refractivity contribution is 0.0981. The fourth-order valence-electron chi connectivity index (χ4n) is 3.24. The molecular weight excluding hydrogens is 304 g/mol. The van der Waals surface area contributed by atoms with Gasteiger partial charge in [-0.25, -0.2) is 4.79 Å². The lowest BCUT2D eigenvalue weighted by Crippen LogP contribution is -2.46. The maximum atomic E-state index is 11.9. The molecule has 1 aromatic heterocycles. The fourth-order valence-corrected chi connectivity index (χ4v) is 3.24. The third kappa shape index (κ3) is 3.43. The second-order valence-electron chi connectivity index (χ2n) is 6.26. The average molecular weight is 328 g/mol. The number of aromatic nitrogens is 2. The molecule has 24 heavy (non-hydrogen) atoms. The molecule has 1 aliphatic heterocycles. The highest BCUT2D eigenvalue weighted by atomic mass is 16.1. The highest BCUT2D eigenvalue weighted by molar-refractivity contribution is 5.95. The van der Waals surface area contributed by atoms with Crippen LogP contribution in [0.3, 0.4) is 0 Å². The molecule has 2 N–H and O–H groups in total. The van der Waals surface area contributed by atoms with E-state index < -0.39 is 0 Å². The van der Waals surface area contributed by atoms with Crippen molar-refractivity contribution in [3.8, 4) is 0 Å². The Hall–Kier alpha value is -2.34. The number of rotatable bonds is 5. The second kappa shape index (κ2) is 7.05. The highest BCUT2D eigenvalue weighted by Crippen LogP contribution is 2.21. The van der Waals surface area contributed by atoms with Crippen molar-refractivity contribution in [2.45, 2.75) is 26.8 Å². The first-order valence-electron chi connectivity index (χ1n) is 8.45. The van der Waals surface area contributed by atoms with Crippen LogP contribution in [0.1, 0.15) is 35.1 Å². The van der Waals surface area contributed by atoms with E-state index in [-0.39, 0.29) is 11.5 Å². The third-order valence-corrected chi connectivity index (χ3v) is 4.61. The van der Waals surface area contributed by atoms with Crippen molar-refractivity contribution in [1.29, 1.82) is 0 Å². The standard InChI is InChI=1S/C18H24N4O2/c1-3-16(23)17-14(19-18(24)20-17)12-21-8-10-22(11-9-21)15-7-5-4-6-13(15)2/h4-7H,3,8-12H2,1-2H3,(H2,19,20,24). The summed E-state index contributed by atoms with van der Waals surface area (Å²) in [5, 5.41) is 0. The number of benzene rings is 1. The molecule has 0 atom stereocenters. The summed E-state index contributed by atoms with van der Waals surface area (Å²) >= 11 is 0. The van der Waals surface area contributed by atoms with Crippen molar-refractivity contribution in [2.24, 2.45) is 0 Å². The number of aromatic amines is 2. The van der Waals surface area contributed by atoms with Crippen LogP contribution in [-0.2, 0) is 6.54 Å². The predicted molar refractivity (Wildman–Crippen MR) is 94.7 cm³/mol. The molecule has 3 rings (SSSR count). The van der Waals surface area contributed by atoms with Crippen molar-refractivity contribution < 1.29 is 4.79 Å². The molecule has 128 valence electrons. The monoisotopic (exact) mass is 328 g/mol. The van der Waals surface area contributed by atoms with E-state index in [1.54, 1.807) is 6.92 Å². The minimum Gasteiger partial charge on any atom is -0.369 e. The Morgan fingerprint density at radius 1 is 1.12 bits per heavy atom. The Morgan fingerprint density at radius 2 is 1.83 bits per heavy atom. The van der Waals surface area contributed by atoms with Crippen molar-refractivity contribution in [3.05, 3.63) is 51.7 Å². The largest absolute Gasteiger partial charge is 0.369 e. The summed E-state index contributed by atoms with van der Waals surface area (Å²) in [5.41, 5.74) is 3.41. The summed E-state index contributed by atoms with van der Waals surface area (Å²) in [6, 6.07) is 8.42. The molecule has 0 aliphatic carbocycles. The van der Waals surface area contributed by atoms with Crippen LogP contribution < -0.4 is 10.6 Å². The zero-order valence-electron chi connectivity index (χ0n) is 14.3. The molecular formula is C18H24N4O2. The molecule has 6 heteroatoms. The molecule has 0 bridgehead atoms. The van der Waals surface area contributed by atoms with Gasteiger partial charge in [0.2, 0.25) is 0 Å². The van der Waals surface area contributed by atoms with Crippen LogP contribution in [0.15, 0.2) is 29.1 Å². The van der Waals surface area contributed by atoms with Gasteiger partial charge in [0.05, 0.1) is 5.69 Å². The number of nitrogens with zero attached hydrogens (tertiary/aromatic N) is 2. The van der Waals surface area contributed by atoms with Gasteiger partial charge in [-0.15, -0.1) is 0 Å². The number of aryl methyl sites for hydroxylation is 1. The summed E-state index contributed by atoms with van der Waals surface area (Å²) < 4.78 is 0. The number of nitrogens with one attached hydrogen (secondary N) is 2. The second-order valence-corrected chi connectivity index (χ2v) is 6.26. The van der Waals surface area contributed by atoms with E-state index in [0.29, 0.717) is 24.4 Å². The molecule has 1 saturated heterocycles. The Balaban J connectivity index is 1.65. The molecule has 1 fully saturated rings. The molecule has 1 aliphatic rings. The van der Waals surface area contributed by atoms with E-state index in [1.807, 2.05) is 0 Å². The van der Waals surface area contributed by atoms with Gasteiger partial charge >= 0.3 is 5.69 Å². The zero-order chi connectivity index (χ0) is 17.1. The van der Waals surface area contributed by atoms with Crippen LogP contribution in [0.5, 0.6) is 0 Å². The van der Waals surface area contributed by atoms with E-state index in [2.05, 4.69) is 51.0 Å². The number of piperazine rings is 1. The summed E-state index contributed by atoms with van der Waals surface area (Å²) in [7, 11) is 0. The molecule has 0 radical (unpaired) electrons. The molecule has 0 unspecified atom stereocenters. The molecule has 1 aromatic carbocycles. The first-order valence-corrected chi connectivity index (χ1v) is 8.45. The van der Waals surface area contributed by atoms with Crippen LogP contribution in [0.2, 0.25) is 0 Å². The predicted octanol–water partition coefficient (Wildman–Crippen LogP) is 1.93. The topological polar surface area (TPSA) is 72.2 Å². The number of hydrogen-bond donors (Lipinski definition) is 2. The van der Waals surface area contributed by atoms with Gasteiger partial charge in [0, 0.05) is 44.8 Å². The maximum absolute atomic E-state index is 11.9. The number of carbonyl (C=O) groups is 1. The number of imidazole rings is 1. The first-order chi connectivity index (χ1) is 11.6. The maximum Gasteiger partial charge on any atom is 0.323 e. The van der Waals surface area contributed by atoms with Gasteiger partial charge in [-0.2, -0.15) is 0 Å². The molecule has 2 heterocycles. The van der Waals surface area contributed by atoms with Gasteiger partial charge < -0.3 is 14.9 Å². The van der Waals surface area contributed by atoms with Gasteiger partial charge in [-0.05, 0) is 18.6 Å². The molecule has 6 nitrogen and oxygen atoms in total. The summed E-state index contributed by atoms with van der Waals surface area (Å²) in [4.78, 5) is 33.6. The van der Waals surface area contributed by atoms with E-state index in [9.17, 15) is 9.59 Å². The number of ketones is 1. The third-order valence-electron chi connectivity index (χ3n) is 4.61. The van der Waals surface area contributed by atoms with Crippen molar-refractivity contribution in [1.82, 2.24) is 14.9 Å². The first kappa shape index (κ1) is 16.5. The Labute approximate surface area is 141 Å². The van der Waals surface area contributed by atoms with Crippen LogP contribution in [0.4, 0.5) is 5.69 Å². The minimum absolute atomic E-state index is 0.0260. The zero-order valence-corrected chi connectivity index (χ0v) is 14.3. The van der Waals surface area contributed by atoms with Gasteiger partial charge in [0.1, 0.15) is 5.69 Å². The number of carbonyl (C=O) groups excluding carboxylic acids is 1. The number of anilines is 1. The van der Waals surface area contributed by atoms with Crippen LogP contribution in [0, 0.1) is 6.92 Å². The average Bonchev–Trinajstić information content (AvgIpc) is 2.96. The van der Waals surface area contributed by atoms with E-state index >= 15 is 0 Å². The number of para-hydroxylation sites is 1. The number of Topliss-reactive ketones (excluding diaryl/α,β-unsaturated/α-hetero) is 1. The highest BCUT2D eigenvalue weighted by Gasteiger charge is 2.21. The SMILES string of the molecule is CCC(=O)c1[nH]c(=O)[nH]c1CN1CCN(c2ccccc2C)CC1. The minimum atomic E-state index is -0.305. The fraction of sp³-hybridized carbons (Fsp3) is 0.444. The van der Waals surface area contributed by atoms with Crippen molar-refractivity contribution in [3.63, 3.8) is 0 Å². The van der Waals surface area contributed by atoms with E-state index in [1.165, 1.54) is 11.3 Å². The lowest BCUT2D eigenvalue weighted by atomic mass is 10.1. The van der Waals surface area contributed by atoms with Crippen LogP contribution in [0.25, 0.3) is 0 Å². The Morgan fingerprint density at radius 3 is 2.50 bits per heavy atom. The Kier molecular flexibility index (Phi) is 4.85. The van der Waals surface area contributed by atoms with Gasteiger partial charge in [0.25, 0.3) is 0 Å². The van der Waals surface area contributed by atoms with E-state index in [4.69, 9.17) is 0 Å². The summed E-state index contributed by atoms with van der Waals surface area (Å²) in [6.07, 6.45) is 0.391. The van der Waals surface area contributed by atoms with Crippen molar-refractivity contribution >= 4 is 11.5 Å². The number of hydrogen-bond acceptors (Lipinski definition) is 4. The molecule has 0 amide bonds. The Bertz CT molecular complexity index is 769. The summed E-state index contributed by atoms with van der Waals surface area (Å²) in [5.74, 6) is -0.0260. The smallest absolute Gasteiger partial charge is 0.323 e. The normalized spacial score (nSPS) is 15.7. The summed E-state index contributed by atoms with van der Waals surface area (Å²) in [6.45, 7) is 8.23. The quantitative estimate of drug-likeness (QED) is 0.823. The lowest BCUT2D eigenvalue weighted by Gasteiger charge is -2.36. The van der Waals surface area contributed by atoms with E-state index in [0.717, 1.165) is 26.2 Å². The van der Waals surface area contributed by atoms with Gasteiger partial charge in [0.15, 0.2) is 5.78 Å². The molecule has 0 saturated carbocycles. The molecule has 0 spiro atoms. The molecule has 2 aromatic rings. The van der Waals surface area contributed by atoms with Crippen molar-refractivity contribution in [2.75, 3.05) is 31.1 Å². The van der Waals surface area contributed by atoms with Crippen LogP contribution in [-0.4, -0.2) is 46.8 Å².